The Kier molecular flexibility index (Phi) is 7.51. The van der Waals surface area contributed by atoms with Crippen LogP contribution in [0.5, 0.6) is 0 Å². The number of hydrogen-bond donors (Lipinski definition) is 0. The van der Waals surface area contributed by atoms with Crippen molar-refractivity contribution in [2.24, 2.45) is 0 Å². The molecule has 0 radical (unpaired) electrons. The molecule has 0 saturated heterocycles. The number of carbonyl (C=O) groups is 1. The van der Waals surface area contributed by atoms with Gasteiger partial charge in [-0.05, 0) is 31.0 Å². The largest absolute Gasteiger partial charge is 1.00 e. The molecular formula is C23H14ClF5N3NaO2S. The summed E-state index contributed by atoms with van der Waals surface area (Å²) in [5.74, 6) is -3.52. The average Bonchev–Trinajstić information content (AvgIpc) is 3.43. The molecule has 2 aromatic heterocycles. The van der Waals surface area contributed by atoms with Gasteiger partial charge in [-0.2, -0.15) is 18.3 Å². The minimum Gasteiger partial charge on any atom is -0.545 e. The molecule has 36 heavy (non-hydrogen) atoms. The van der Waals surface area contributed by atoms with Crippen LogP contribution in [0.4, 0.5) is 22.0 Å². The zero-order chi connectivity index (χ0) is 25.1. The minimum absolute atomic E-state index is 0. The fourth-order valence-corrected chi connectivity index (χ4v) is 5.35. The van der Waals surface area contributed by atoms with Crippen LogP contribution in [0.1, 0.15) is 34.8 Å². The summed E-state index contributed by atoms with van der Waals surface area (Å²) in [7, 11) is 0. The Balaban J connectivity index is 0.00000304. The molecule has 1 aliphatic rings. The summed E-state index contributed by atoms with van der Waals surface area (Å²) < 4.78 is 71.1. The number of carboxylic acid groups (broad SMARTS) is 1. The van der Waals surface area contributed by atoms with Crippen LogP contribution >= 0.6 is 23.4 Å². The zero-order valence-corrected chi connectivity index (χ0v) is 22.1. The van der Waals surface area contributed by atoms with Gasteiger partial charge < -0.3 is 14.5 Å². The molecule has 0 spiro atoms. The number of carboxylic acids is 1. The van der Waals surface area contributed by atoms with Crippen molar-refractivity contribution in [1.29, 1.82) is 0 Å². The van der Waals surface area contributed by atoms with Gasteiger partial charge in [-0.1, -0.05) is 35.5 Å². The molecule has 0 unspecified atom stereocenters. The summed E-state index contributed by atoms with van der Waals surface area (Å²) in [6, 6.07) is 6.72. The SMILES string of the molecule is O=C([O-])c1cccc(Sc2c(C3CC3)n(-c3cnn(CC(F)(F)F)c3)c3c(F)c(Cl)ccc23)c1F.[Na+]. The van der Waals surface area contributed by atoms with E-state index >= 15 is 4.39 Å². The van der Waals surface area contributed by atoms with Crippen LogP contribution in [0, 0.1) is 11.6 Å². The first kappa shape index (κ1) is 27.0. The van der Waals surface area contributed by atoms with Crippen LogP contribution in [0.3, 0.4) is 0 Å². The molecule has 2 aromatic carbocycles. The number of rotatable bonds is 6. The molecular weight excluding hydrogens is 536 g/mol. The number of alkyl halides is 3. The van der Waals surface area contributed by atoms with E-state index < -0.39 is 35.9 Å². The Labute approximate surface area is 232 Å². The second kappa shape index (κ2) is 10.0. The third kappa shape index (κ3) is 5.04. The molecule has 2 heterocycles. The van der Waals surface area contributed by atoms with Crippen molar-refractivity contribution in [2.75, 3.05) is 0 Å². The minimum atomic E-state index is -4.50. The van der Waals surface area contributed by atoms with E-state index in [2.05, 4.69) is 5.10 Å². The molecule has 1 fully saturated rings. The van der Waals surface area contributed by atoms with Crippen LogP contribution in [0.25, 0.3) is 16.6 Å². The molecule has 0 bridgehead atoms. The van der Waals surface area contributed by atoms with Crippen molar-refractivity contribution in [3.8, 4) is 5.69 Å². The van der Waals surface area contributed by atoms with E-state index in [4.69, 9.17) is 11.6 Å². The summed E-state index contributed by atoms with van der Waals surface area (Å²) in [5, 5.41) is 15.2. The monoisotopic (exact) mass is 549 g/mol. The second-order valence-electron chi connectivity index (χ2n) is 8.10. The van der Waals surface area contributed by atoms with E-state index in [-0.39, 0.29) is 56.6 Å². The van der Waals surface area contributed by atoms with E-state index in [9.17, 15) is 27.5 Å². The quantitative estimate of drug-likeness (QED) is 0.274. The Morgan fingerprint density at radius 2 is 1.89 bits per heavy atom. The van der Waals surface area contributed by atoms with Crippen LogP contribution in [-0.4, -0.2) is 26.5 Å². The Morgan fingerprint density at radius 3 is 2.53 bits per heavy atom. The van der Waals surface area contributed by atoms with Gasteiger partial charge >= 0.3 is 35.7 Å². The van der Waals surface area contributed by atoms with Crippen molar-refractivity contribution in [2.45, 2.75) is 41.3 Å². The molecule has 1 saturated carbocycles. The number of benzene rings is 2. The standard InChI is InChI=1S/C23H15ClF5N3O2S.Na/c24-15-7-6-14-20(18(15)26)32(12-8-30-31(9-12)10-23(27,28)29)19(11-4-5-11)21(14)35-16-3-1-2-13(17(16)25)22(33)34;/h1-3,6-9,11H,4-5,10H2,(H,33,34);/q;+1/p-1. The maximum absolute atomic E-state index is 15.4. The number of aromatic nitrogens is 3. The van der Waals surface area contributed by atoms with Gasteiger partial charge in [0.1, 0.15) is 12.4 Å². The second-order valence-corrected chi connectivity index (χ2v) is 9.56. The van der Waals surface area contributed by atoms with Crippen molar-refractivity contribution in [1.82, 2.24) is 14.3 Å². The van der Waals surface area contributed by atoms with E-state index in [1.54, 1.807) is 6.07 Å². The number of aromatic carboxylic acids is 1. The predicted molar refractivity (Wildman–Crippen MR) is 117 cm³/mol. The van der Waals surface area contributed by atoms with Crippen molar-refractivity contribution in [3.63, 3.8) is 0 Å². The molecule has 0 aliphatic heterocycles. The van der Waals surface area contributed by atoms with Crippen LogP contribution in [0.2, 0.25) is 5.02 Å². The molecule has 4 aromatic rings. The first-order valence-electron chi connectivity index (χ1n) is 10.3. The van der Waals surface area contributed by atoms with Gasteiger partial charge in [0.25, 0.3) is 0 Å². The normalized spacial score (nSPS) is 13.7. The summed E-state index contributed by atoms with van der Waals surface area (Å²) in [6.45, 7) is -1.32. The smallest absolute Gasteiger partial charge is 0.545 e. The number of nitrogens with zero attached hydrogens (tertiary/aromatic N) is 3. The Morgan fingerprint density at radius 1 is 1.17 bits per heavy atom. The van der Waals surface area contributed by atoms with Crippen molar-refractivity contribution >= 4 is 40.2 Å². The molecule has 5 nitrogen and oxygen atoms in total. The van der Waals surface area contributed by atoms with E-state index in [1.165, 1.54) is 29.0 Å². The third-order valence-corrected chi connectivity index (χ3v) is 7.05. The van der Waals surface area contributed by atoms with Gasteiger partial charge in [-0.15, -0.1) is 0 Å². The first-order chi connectivity index (χ1) is 16.5. The Bertz CT molecular complexity index is 1480. The summed E-state index contributed by atoms with van der Waals surface area (Å²) in [6.07, 6.45) is -0.679. The van der Waals surface area contributed by atoms with Crippen molar-refractivity contribution < 1.29 is 61.4 Å². The topological polar surface area (TPSA) is 62.9 Å². The summed E-state index contributed by atoms with van der Waals surface area (Å²) in [4.78, 5) is 11.7. The maximum Gasteiger partial charge on any atom is 1.00 e. The molecule has 13 heteroatoms. The van der Waals surface area contributed by atoms with Crippen LogP contribution < -0.4 is 34.7 Å². The fourth-order valence-electron chi connectivity index (χ4n) is 4.00. The van der Waals surface area contributed by atoms with Gasteiger partial charge in [0.15, 0.2) is 5.82 Å². The van der Waals surface area contributed by atoms with Crippen molar-refractivity contribution in [3.05, 3.63) is 70.6 Å². The zero-order valence-electron chi connectivity index (χ0n) is 18.6. The molecule has 0 amide bonds. The van der Waals surface area contributed by atoms with Gasteiger partial charge in [-0.25, -0.2) is 8.78 Å². The van der Waals surface area contributed by atoms with Gasteiger partial charge in [0.2, 0.25) is 0 Å². The molecule has 0 atom stereocenters. The molecule has 5 rings (SSSR count). The summed E-state index contributed by atoms with van der Waals surface area (Å²) in [5.41, 5.74) is 0.161. The van der Waals surface area contributed by atoms with E-state index in [0.717, 1.165) is 36.9 Å². The number of carbonyl (C=O) groups excluding carboxylic acids is 1. The Hall–Kier alpha value is -2.05. The predicted octanol–water partition coefficient (Wildman–Crippen LogP) is 2.72. The van der Waals surface area contributed by atoms with Crippen LogP contribution in [-0.2, 0) is 6.54 Å². The van der Waals surface area contributed by atoms with E-state index in [0.29, 0.717) is 20.7 Å². The average molecular weight is 550 g/mol. The van der Waals surface area contributed by atoms with E-state index in [1.807, 2.05) is 0 Å². The number of halogens is 6. The summed E-state index contributed by atoms with van der Waals surface area (Å²) >= 11 is 6.95. The molecule has 182 valence electrons. The fraction of sp³-hybridized carbons (Fsp3) is 0.217. The molecule has 1 aliphatic carbocycles. The van der Waals surface area contributed by atoms with Crippen LogP contribution in [0.15, 0.2) is 52.5 Å². The number of fused-ring (bicyclic) bond motifs is 1. The first-order valence-corrected chi connectivity index (χ1v) is 11.5. The van der Waals surface area contributed by atoms with Gasteiger partial charge in [-0.3, -0.25) is 4.68 Å². The van der Waals surface area contributed by atoms with Gasteiger partial charge in [0, 0.05) is 38.5 Å². The number of hydrogen-bond acceptors (Lipinski definition) is 4. The van der Waals surface area contributed by atoms with Gasteiger partial charge in [0.05, 0.1) is 28.4 Å². The molecule has 0 N–H and O–H groups in total. The maximum atomic E-state index is 15.4. The third-order valence-electron chi connectivity index (χ3n) is 5.59.